The SMILES string of the molecule is CO[SiH](OC)C(C)CCN1C=NCC1. The molecule has 0 fully saturated rings. The molecule has 0 radical (unpaired) electrons. The Hall–Kier alpha value is -0.393. The van der Waals surface area contributed by atoms with Gasteiger partial charge in [0.25, 0.3) is 0 Å². The van der Waals surface area contributed by atoms with E-state index >= 15 is 0 Å². The van der Waals surface area contributed by atoms with Crippen LogP contribution in [0.4, 0.5) is 0 Å². The van der Waals surface area contributed by atoms with Crippen molar-refractivity contribution in [3.05, 3.63) is 0 Å². The van der Waals surface area contributed by atoms with Gasteiger partial charge in [-0.25, -0.2) is 0 Å². The molecule has 5 heteroatoms. The number of hydrogen-bond acceptors (Lipinski definition) is 4. The van der Waals surface area contributed by atoms with Crippen molar-refractivity contribution in [2.45, 2.75) is 18.9 Å². The van der Waals surface area contributed by atoms with Gasteiger partial charge in [-0.2, -0.15) is 0 Å². The minimum atomic E-state index is -1.42. The molecule has 0 aromatic carbocycles. The molecule has 0 aromatic rings. The van der Waals surface area contributed by atoms with Gasteiger partial charge in [0.1, 0.15) is 0 Å². The zero-order chi connectivity index (χ0) is 10.4. The highest BCUT2D eigenvalue weighted by Gasteiger charge is 2.20. The van der Waals surface area contributed by atoms with E-state index in [1.807, 2.05) is 6.34 Å². The van der Waals surface area contributed by atoms with Crippen LogP contribution in [0.5, 0.6) is 0 Å². The summed E-state index contributed by atoms with van der Waals surface area (Å²) in [7, 11) is 2.07. The molecule has 1 rings (SSSR count). The molecule has 14 heavy (non-hydrogen) atoms. The van der Waals surface area contributed by atoms with E-state index in [2.05, 4.69) is 16.8 Å². The summed E-state index contributed by atoms with van der Waals surface area (Å²) in [6.45, 7) is 5.29. The maximum atomic E-state index is 5.34. The van der Waals surface area contributed by atoms with Crippen molar-refractivity contribution in [3.63, 3.8) is 0 Å². The van der Waals surface area contributed by atoms with Crippen molar-refractivity contribution in [2.24, 2.45) is 4.99 Å². The molecule has 82 valence electrons. The first kappa shape index (κ1) is 11.7. The maximum absolute atomic E-state index is 5.34. The van der Waals surface area contributed by atoms with Crippen LogP contribution in [0.25, 0.3) is 0 Å². The van der Waals surface area contributed by atoms with Crippen LogP contribution in [-0.4, -0.2) is 54.4 Å². The van der Waals surface area contributed by atoms with Gasteiger partial charge in [0, 0.05) is 27.3 Å². The third-order valence-electron chi connectivity index (χ3n) is 2.56. The van der Waals surface area contributed by atoms with E-state index in [0.717, 1.165) is 26.1 Å². The van der Waals surface area contributed by atoms with Gasteiger partial charge in [-0.1, -0.05) is 6.92 Å². The van der Waals surface area contributed by atoms with E-state index in [1.165, 1.54) is 0 Å². The van der Waals surface area contributed by atoms with Crippen molar-refractivity contribution in [1.29, 1.82) is 0 Å². The molecular weight excluding hydrogens is 196 g/mol. The average molecular weight is 216 g/mol. The van der Waals surface area contributed by atoms with Gasteiger partial charge in [-0.05, 0) is 12.0 Å². The third kappa shape index (κ3) is 3.40. The average Bonchev–Trinajstić information content (AvgIpc) is 2.69. The van der Waals surface area contributed by atoms with Crippen molar-refractivity contribution < 1.29 is 8.85 Å². The summed E-state index contributed by atoms with van der Waals surface area (Å²) in [5.41, 5.74) is 0.555. The van der Waals surface area contributed by atoms with Gasteiger partial charge in [-0.3, -0.25) is 4.99 Å². The molecule has 1 heterocycles. The summed E-state index contributed by atoms with van der Waals surface area (Å²) in [5.74, 6) is 0. The summed E-state index contributed by atoms with van der Waals surface area (Å²) in [4.78, 5) is 6.43. The summed E-state index contributed by atoms with van der Waals surface area (Å²) in [6.07, 6.45) is 3.08. The molecule has 0 aromatic heterocycles. The zero-order valence-corrected chi connectivity index (χ0v) is 10.4. The predicted molar refractivity (Wildman–Crippen MR) is 60.1 cm³/mol. The lowest BCUT2D eigenvalue weighted by Gasteiger charge is -2.21. The molecular formula is C9H20N2O2Si. The normalized spacial score (nSPS) is 18.1. The smallest absolute Gasteiger partial charge is 0.323 e. The molecule has 1 aliphatic rings. The van der Waals surface area contributed by atoms with Gasteiger partial charge >= 0.3 is 9.28 Å². The molecule has 1 aliphatic heterocycles. The lowest BCUT2D eigenvalue weighted by Crippen LogP contribution is -2.28. The quantitative estimate of drug-likeness (QED) is 0.611. The highest BCUT2D eigenvalue weighted by molar-refractivity contribution is 6.46. The van der Waals surface area contributed by atoms with Gasteiger partial charge in [0.15, 0.2) is 0 Å². The van der Waals surface area contributed by atoms with E-state index < -0.39 is 9.28 Å². The Morgan fingerprint density at radius 3 is 2.71 bits per heavy atom. The van der Waals surface area contributed by atoms with Gasteiger partial charge < -0.3 is 13.8 Å². The second-order valence-corrected chi connectivity index (χ2v) is 6.48. The van der Waals surface area contributed by atoms with Crippen molar-refractivity contribution in [3.8, 4) is 0 Å². The molecule has 4 nitrogen and oxygen atoms in total. The van der Waals surface area contributed by atoms with Gasteiger partial charge in [-0.15, -0.1) is 0 Å². The van der Waals surface area contributed by atoms with Crippen LogP contribution in [0.1, 0.15) is 13.3 Å². The molecule has 0 amide bonds. The lowest BCUT2D eigenvalue weighted by atomic mass is 10.3. The van der Waals surface area contributed by atoms with Crippen molar-refractivity contribution in [1.82, 2.24) is 4.90 Å². The molecule has 0 N–H and O–H groups in total. The van der Waals surface area contributed by atoms with Crippen LogP contribution < -0.4 is 0 Å². The van der Waals surface area contributed by atoms with E-state index in [0.29, 0.717) is 5.54 Å². The van der Waals surface area contributed by atoms with E-state index in [9.17, 15) is 0 Å². The third-order valence-corrected chi connectivity index (χ3v) is 4.75. The Bertz CT molecular complexity index is 186. The Morgan fingerprint density at radius 1 is 1.50 bits per heavy atom. The molecule has 0 saturated heterocycles. The Kier molecular flexibility index (Phi) is 5.14. The first-order valence-corrected chi connectivity index (χ1v) is 6.68. The topological polar surface area (TPSA) is 34.1 Å². The second-order valence-electron chi connectivity index (χ2n) is 3.66. The van der Waals surface area contributed by atoms with Crippen LogP contribution >= 0.6 is 0 Å². The predicted octanol–water partition coefficient (Wildman–Crippen LogP) is 0.624. The number of aliphatic imine (C=N–C) groups is 1. The molecule has 1 atom stereocenters. The fraction of sp³-hybridized carbons (Fsp3) is 0.889. The van der Waals surface area contributed by atoms with Crippen LogP contribution in [-0.2, 0) is 8.85 Å². The number of nitrogens with zero attached hydrogens (tertiary/aromatic N) is 2. The largest absolute Gasteiger partial charge is 0.400 e. The fourth-order valence-electron chi connectivity index (χ4n) is 1.65. The van der Waals surface area contributed by atoms with Crippen LogP contribution in [0.3, 0.4) is 0 Å². The first-order chi connectivity index (χ1) is 6.77. The highest BCUT2D eigenvalue weighted by atomic mass is 28.3. The minimum absolute atomic E-state index is 0.555. The van der Waals surface area contributed by atoms with Gasteiger partial charge in [0.05, 0.1) is 12.9 Å². The summed E-state index contributed by atoms with van der Waals surface area (Å²) >= 11 is 0. The van der Waals surface area contributed by atoms with Crippen LogP contribution in [0.2, 0.25) is 5.54 Å². The van der Waals surface area contributed by atoms with Crippen molar-refractivity contribution in [2.75, 3.05) is 33.9 Å². The molecule has 0 aliphatic carbocycles. The first-order valence-electron chi connectivity index (χ1n) is 5.07. The lowest BCUT2D eigenvalue weighted by molar-refractivity contribution is 0.262. The molecule has 0 spiro atoms. The standard InChI is InChI=1S/C9H20N2O2Si/c1-9(14(12-2)13-3)4-6-11-7-5-10-8-11/h8-9,14H,4-7H2,1-3H3. The summed E-state index contributed by atoms with van der Waals surface area (Å²) in [6, 6.07) is 0. The maximum Gasteiger partial charge on any atom is 0.323 e. The monoisotopic (exact) mass is 216 g/mol. The summed E-state index contributed by atoms with van der Waals surface area (Å²) in [5, 5.41) is 0. The summed E-state index contributed by atoms with van der Waals surface area (Å²) < 4.78 is 10.7. The molecule has 0 bridgehead atoms. The zero-order valence-electron chi connectivity index (χ0n) is 9.27. The van der Waals surface area contributed by atoms with E-state index in [1.54, 1.807) is 14.2 Å². The second kappa shape index (κ2) is 6.16. The Labute approximate surface area is 87.8 Å². The molecule has 0 saturated carbocycles. The van der Waals surface area contributed by atoms with Crippen molar-refractivity contribution >= 4 is 15.6 Å². The Balaban J connectivity index is 2.18. The minimum Gasteiger partial charge on any atom is -0.400 e. The van der Waals surface area contributed by atoms with Gasteiger partial charge in [0.2, 0.25) is 0 Å². The molecule has 1 unspecified atom stereocenters. The number of rotatable bonds is 6. The Morgan fingerprint density at radius 2 is 2.21 bits per heavy atom. The number of hydrogen-bond donors (Lipinski definition) is 0. The fourth-order valence-corrected chi connectivity index (χ4v) is 3.20. The van der Waals surface area contributed by atoms with Crippen LogP contribution in [0, 0.1) is 0 Å². The van der Waals surface area contributed by atoms with Crippen LogP contribution in [0.15, 0.2) is 4.99 Å². The highest BCUT2D eigenvalue weighted by Crippen LogP contribution is 2.15. The van der Waals surface area contributed by atoms with E-state index in [-0.39, 0.29) is 0 Å². The van der Waals surface area contributed by atoms with E-state index in [4.69, 9.17) is 8.85 Å².